The van der Waals surface area contributed by atoms with Gasteiger partial charge in [-0.1, -0.05) is 0 Å². The van der Waals surface area contributed by atoms with E-state index in [9.17, 15) is 9.90 Å². The summed E-state index contributed by atoms with van der Waals surface area (Å²) >= 11 is 0. The van der Waals surface area contributed by atoms with Crippen molar-refractivity contribution in [3.05, 3.63) is 41.7 Å². The van der Waals surface area contributed by atoms with Crippen molar-refractivity contribution < 1.29 is 19.4 Å². The maximum atomic E-state index is 11.9. The molecule has 0 bridgehead atoms. The Kier molecular flexibility index (Phi) is 3.88. The minimum absolute atomic E-state index is 0.271. The van der Waals surface area contributed by atoms with Gasteiger partial charge in [0, 0.05) is 32.0 Å². The zero-order chi connectivity index (χ0) is 17.4. The van der Waals surface area contributed by atoms with Gasteiger partial charge >= 0.3 is 5.97 Å². The average Bonchev–Trinajstić information content (AvgIpc) is 3.27. The van der Waals surface area contributed by atoms with Crippen molar-refractivity contribution in [2.75, 3.05) is 19.9 Å². The van der Waals surface area contributed by atoms with Gasteiger partial charge in [-0.25, -0.2) is 4.79 Å². The molecule has 0 unspecified atom stereocenters. The number of aryl methyl sites for hydroxylation is 1. The topological polar surface area (TPSA) is 76.8 Å². The van der Waals surface area contributed by atoms with Crippen molar-refractivity contribution in [1.29, 1.82) is 0 Å². The number of hydrogen-bond acceptors (Lipinski definition) is 5. The summed E-state index contributed by atoms with van der Waals surface area (Å²) in [7, 11) is 0. The minimum Gasteiger partial charge on any atom is -0.479 e. The van der Waals surface area contributed by atoms with Crippen LogP contribution in [0.3, 0.4) is 0 Å². The lowest BCUT2D eigenvalue weighted by Crippen LogP contribution is -2.51. The number of aliphatic carboxylic acids is 1. The van der Waals surface area contributed by atoms with Gasteiger partial charge in [-0.15, -0.1) is 0 Å². The Hall–Kier alpha value is -2.54. The van der Waals surface area contributed by atoms with E-state index in [1.807, 2.05) is 12.1 Å². The maximum absolute atomic E-state index is 11.9. The summed E-state index contributed by atoms with van der Waals surface area (Å²) in [6.45, 7) is 4.52. The van der Waals surface area contributed by atoms with E-state index in [4.69, 9.17) is 9.47 Å². The van der Waals surface area contributed by atoms with Crippen molar-refractivity contribution >= 4 is 5.97 Å². The molecule has 7 nitrogen and oxygen atoms in total. The number of ether oxygens (including phenoxy) is 2. The van der Waals surface area contributed by atoms with Crippen molar-refractivity contribution in [2.45, 2.75) is 31.8 Å². The summed E-state index contributed by atoms with van der Waals surface area (Å²) in [5, 5.41) is 14.0. The van der Waals surface area contributed by atoms with Crippen LogP contribution in [0.1, 0.15) is 24.0 Å². The molecule has 0 atom stereocenters. The average molecular weight is 343 g/mol. The first-order valence-electron chi connectivity index (χ1n) is 8.43. The first-order valence-corrected chi connectivity index (χ1v) is 8.43. The fourth-order valence-corrected chi connectivity index (χ4v) is 3.64. The smallest absolute Gasteiger partial charge is 0.331 e. The number of hydrogen-bond donors (Lipinski definition) is 1. The molecule has 25 heavy (non-hydrogen) atoms. The molecule has 0 amide bonds. The summed E-state index contributed by atoms with van der Waals surface area (Å²) in [4.78, 5) is 14.2. The zero-order valence-corrected chi connectivity index (χ0v) is 14.1. The highest BCUT2D eigenvalue weighted by Gasteiger charge is 2.43. The van der Waals surface area contributed by atoms with E-state index in [1.165, 1.54) is 5.56 Å². The third-order valence-corrected chi connectivity index (χ3v) is 5.25. The molecule has 0 saturated carbocycles. The predicted molar refractivity (Wildman–Crippen MR) is 89.6 cm³/mol. The molecule has 0 spiro atoms. The maximum Gasteiger partial charge on any atom is 0.331 e. The molecule has 4 rings (SSSR count). The molecule has 132 valence electrons. The summed E-state index contributed by atoms with van der Waals surface area (Å²) in [5.74, 6) is 0.771. The number of carboxylic acids is 1. The van der Waals surface area contributed by atoms with Crippen LogP contribution in [0.5, 0.6) is 11.5 Å². The monoisotopic (exact) mass is 343 g/mol. The lowest BCUT2D eigenvalue weighted by molar-refractivity contribution is -0.151. The highest BCUT2D eigenvalue weighted by atomic mass is 16.7. The predicted octanol–water partition coefficient (Wildman–Crippen LogP) is 2.00. The molecule has 3 heterocycles. The number of nitrogens with zero attached hydrogens (tertiary/aromatic N) is 3. The number of carbonyl (C=O) groups is 1. The van der Waals surface area contributed by atoms with E-state index < -0.39 is 11.5 Å². The molecule has 1 aromatic carbocycles. The quantitative estimate of drug-likeness (QED) is 0.915. The molecule has 1 saturated heterocycles. The number of benzene rings is 1. The van der Waals surface area contributed by atoms with Crippen molar-refractivity contribution in [3.8, 4) is 11.5 Å². The lowest BCUT2D eigenvalue weighted by atomic mass is 9.87. The van der Waals surface area contributed by atoms with Crippen LogP contribution in [0.2, 0.25) is 0 Å². The summed E-state index contributed by atoms with van der Waals surface area (Å²) in [5.41, 5.74) is 1.40. The van der Waals surface area contributed by atoms with Gasteiger partial charge in [0.2, 0.25) is 6.79 Å². The van der Waals surface area contributed by atoms with Gasteiger partial charge in [0.05, 0.1) is 0 Å². The number of piperidine rings is 1. The summed E-state index contributed by atoms with van der Waals surface area (Å²) in [6, 6.07) is 5.81. The normalized spacial score (nSPS) is 19.1. The van der Waals surface area contributed by atoms with Crippen LogP contribution < -0.4 is 9.47 Å². The zero-order valence-electron chi connectivity index (χ0n) is 14.1. The molecule has 2 aliphatic rings. The minimum atomic E-state index is -0.941. The Morgan fingerprint density at radius 2 is 2.00 bits per heavy atom. The van der Waals surface area contributed by atoms with Gasteiger partial charge < -0.3 is 14.6 Å². The molecular formula is C18H21N3O4. The van der Waals surface area contributed by atoms with E-state index in [0.717, 1.165) is 23.6 Å². The summed E-state index contributed by atoms with van der Waals surface area (Å²) < 4.78 is 12.5. The van der Waals surface area contributed by atoms with Crippen LogP contribution in [0.4, 0.5) is 0 Å². The van der Waals surface area contributed by atoms with E-state index >= 15 is 0 Å². The highest BCUT2D eigenvalue weighted by Crippen LogP contribution is 2.36. The number of likely N-dealkylation sites (tertiary alicyclic amines) is 1. The number of rotatable bonds is 4. The molecule has 0 radical (unpaired) electrons. The second-order valence-electron chi connectivity index (χ2n) is 6.70. The molecule has 2 aromatic rings. The van der Waals surface area contributed by atoms with Crippen LogP contribution >= 0.6 is 0 Å². The first-order chi connectivity index (χ1) is 12.1. The molecular weight excluding hydrogens is 322 g/mol. The molecule has 1 fully saturated rings. The van der Waals surface area contributed by atoms with Gasteiger partial charge in [0.15, 0.2) is 17.0 Å². The van der Waals surface area contributed by atoms with E-state index in [2.05, 4.69) is 16.9 Å². The Labute approximate surface area is 145 Å². The van der Waals surface area contributed by atoms with Crippen LogP contribution in [0.15, 0.2) is 30.6 Å². The van der Waals surface area contributed by atoms with Gasteiger partial charge in [0.25, 0.3) is 0 Å². The van der Waals surface area contributed by atoms with Gasteiger partial charge in [-0.05, 0) is 49.1 Å². The highest BCUT2D eigenvalue weighted by molar-refractivity contribution is 5.76. The van der Waals surface area contributed by atoms with Crippen LogP contribution in [-0.4, -0.2) is 45.6 Å². The van der Waals surface area contributed by atoms with Crippen LogP contribution in [0, 0.1) is 6.92 Å². The Bertz CT molecular complexity index is 780. The molecule has 0 aliphatic carbocycles. The molecule has 7 heteroatoms. The fraction of sp³-hybridized carbons (Fsp3) is 0.444. The van der Waals surface area contributed by atoms with Crippen molar-refractivity contribution in [2.24, 2.45) is 0 Å². The Balaban J connectivity index is 1.48. The van der Waals surface area contributed by atoms with Gasteiger partial charge in [-0.2, -0.15) is 5.10 Å². The fourth-order valence-electron chi connectivity index (χ4n) is 3.64. The van der Waals surface area contributed by atoms with E-state index in [-0.39, 0.29) is 6.79 Å². The molecule has 2 aliphatic heterocycles. The van der Waals surface area contributed by atoms with Crippen molar-refractivity contribution in [3.63, 3.8) is 0 Å². The van der Waals surface area contributed by atoms with E-state index in [1.54, 1.807) is 23.1 Å². The lowest BCUT2D eigenvalue weighted by Gasteiger charge is -2.39. The first kappa shape index (κ1) is 16.0. The van der Waals surface area contributed by atoms with Crippen LogP contribution in [0.25, 0.3) is 0 Å². The largest absolute Gasteiger partial charge is 0.479 e. The second-order valence-corrected chi connectivity index (χ2v) is 6.70. The Morgan fingerprint density at radius 1 is 1.28 bits per heavy atom. The third-order valence-electron chi connectivity index (χ3n) is 5.25. The van der Waals surface area contributed by atoms with Crippen LogP contribution in [-0.2, 0) is 16.9 Å². The molecule has 1 N–H and O–H groups in total. The number of aromatic nitrogens is 2. The van der Waals surface area contributed by atoms with E-state index in [0.29, 0.717) is 25.9 Å². The van der Waals surface area contributed by atoms with Gasteiger partial charge in [-0.3, -0.25) is 9.58 Å². The Morgan fingerprint density at radius 3 is 2.64 bits per heavy atom. The summed E-state index contributed by atoms with van der Waals surface area (Å²) in [6.07, 6.45) is 4.44. The number of fused-ring (bicyclic) bond motifs is 1. The molecule has 1 aromatic heterocycles. The number of carboxylic acid groups (broad SMARTS) is 1. The van der Waals surface area contributed by atoms with Gasteiger partial charge in [0.1, 0.15) is 0 Å². The second kappa shape index (κ2) is 6.07. The SMILES string of the molecule is Cc1cc2c(cc1CN1CCC(C(=O)O)(n3cccn3)CC1)OCO2. The van der Waals surface area contributed by atoms with Crippen molar-refractivity contribution in [1.82, 2.24) is 14.7 Å². The standard InChI is InChI=1S/C18H21N3O4/c1-13-9-15-16(25-12-24-15)10-14(13)11-20-7-3-18(4-8-20,17(22)23)21-6-2-5-19-21/h2,5-6,9-10H,3-4,7-8,11-12H2,1H3,(H,22,23). The third kappa shape index (κ3) is 2.74.